The van der Waals surface area contributed by atoms with Gasteiger partial charge in [-0.25, -0.2) is 0 Å². The van der Waals surface area contributed by atoms with Gasteiger partial charge in [-0.3, -0.25) is 0 Å². The number of unbranched alkanes of at least 4 members (excludes halogenated alkanes) is 14. The lowest BCUT2D eigenvalue weighted by Gasteiger charge is -2.16. The van der Waals surface area contributed by atoms with Crippen LogP contribution in [0.1, 0.15) is 110 Å². The van der Waals surface area contributed by atoms with Gasteiger partial charge in [0.05, 0.1) is 0 Å². The molecule has 0 heterocycles. The monoisotopic (exact) mass is 341 g/mol. The summed E-state index contributed by atoms with van der Waals surface area (Å²) in [5.41, 5.74) is 4.25. The third-order valence-corrected chi connectivity index (χ3v) is 4.64. The lowest BCUT2D eigenvalue weighted by Crippen LogP contribution is -2.38. The summed E-state index contributed by atoms with van der Waals surface area (Å²) in [6.45, 7) is 2.19. The van der Waals surface area contributed by atoms with E-state index in [2.05, 4.69) is 6.92 Å². The molecule has 1 atom stereocenters. The summed E-state index contributed by atoms with van der Waals surface area (Å²) in [6.07, 6.45) is 23.9. The van der Waals surface area contributed by atoms with Crippen LogP contribution in [0, 0.1) is 0 Å². The molecule has 0 saturated carbocycles. The van der Waals surface area contributed by atoms with E-state index < -0.39 is 5.72 Å². The fourth-order valence-electron chi connectivity index (χ4n) is 3.01. The smallest absolute Gasteiger partial charge is 0.134 e. The second kappa shape index (κ2) is 17.4. The molecule has 1 unspecified atom stereocenters. The first-order valence-corrected chi connectivity index (χ1v) is 10.4. The van der Waals surface area contributed by atoms with E-state index in [0.717, 1.165) is 12.8 Å². The first kappa shape index (κ1) is 23.6. The fraction of sp³-hybridized carbons (Fsp3) is 0.905. The maximum absolute atomic E-state index is 9.66. The zero-order valence-electron chi connectivity index (χ0n) is 16.1. The molecule has 0 aromatic rings. The van der Waals surface area contributed by atoms with Gasteiger partial charge in [0.1, 0.15) is 5.72 Å². The lowest BCUT2D eigenvalue weighted by atomic mass is 10.0. The van der Waals surface area contributed by atoms with Crippen LogP contribution in [0.3, 0.4) is 0 Å². The van der Waals surface area contributed by atoms with Crippen LogP contribution in [0.15, 0.2) is 12.2 Å². The Labute approximate surface area is 150 Å². The fourth-order valence-corrected chi connectivity index (χ4v) is 3.01. The minimum absolute atomic E-state index is 0.0871. The van der Waals surface area contributed by atoms with Gasteiger partial charge < -0.3 is 15.9 Å². The molecule has 0 amide bonds. The SMILES string of the molecule is CCCCCCCCCCCCCCCCC=CC(N)(O)CCO. The predicted molar refractivity (Wildman–Crippen MR) is 105 cm³/mol. The van der Waals surface area contributed by atoms with E-state index in [1.54, 1.807) is 6.08 Å². The second-order valence-corrected chi connectivity index (χ2v) is 7.25. The van der Waals surface area contributed by atoms with E-state index in [-0.39, 0.29) is 13.0 Å². The number of hydrogen-bond acceptors (Lipinski definition) is 3. The van der Waals surface area contributed by atoms with E-state index in [9.17, 15) is 5.11 Å². The Hall–Kier alpha value is -0.380. The van der Waals surface area contributed by atoms with Crippen LogP contribution in [-0.2, 0) is 0 Å². The van der Waals surface area contributed by atoms with Gasteiger partial charge in [-0.1, -0.05) is 96.5 Å². The van der Waals surface area contributed by atoms with Crippen LogP contribution >= 0.6 is 0 Å². The first-order chi connectivity index (χ1) is 11.6. The van der Waals surface area contributed by atoms with Gasteiger partial charge in [0.15, 0.2) is 0 Å². The highest BCUT2D eigenvalue weighted by Crippen LogP contribution is 2.13. The number of hydrogen-bond donors (Lipinski definition) is 3. The van der Waals surface area contributed by atoms with Crippen molar-refractivity contribution in [1.82, 2.24) is 0 Å². The summed E-state index contributed by atoms with van der Waals surface area (Å²) in [4.78, 5) is 0. The number of rotatable bonds is 18. The number of aliphatic hydroxyl groups is 2. The van der Waals surface area contributed by atoms with Gasteiger partial charge in [0, 0.05) is 13.0 Å². The molecular weight excluding hydrogens is 298 g/mol. The van der Waals surface area contributed by atoms with Gasteiger partial charge in [-0.05, 0) is 18.9 Å². The molecule has 0 aliphatic heterocycles. The number of nitrogens with two attached hydrogens (primary N) is 1. The van der Waals surface area contributed by atoms with Gasteiger partial charge in [0.25, 0.3) is 0 Å². The van der Waals surface area contributed by atoms with Crippen molar-refractivity contribution < 1.29 is 10.2 Å². The second-order valence-electron chi connectivity index (χ2n) is 7.25. The summed E-state index contributed by atoms with van der Waals surface area (Å²) < 4.78 is 0. The average molecular weight is 342 g/mol. The van der Waals surface area contributed by atoms with Gasteiger partial charge in [-0.15, -0.1) is 0 Å². The van der Waals surface area contributed by atoms with Gasteiger partial charge in [-0.2, -0.15) is 0 Å². The van der Waals surface area contributed by atoms with Crippen LogP contribution in [0.4, 0.5) is 0 Å². The molecule has 0 bridgehead atoms. The van der Waals surface area contributed by atoms with E-state index in [1.165, 1.54) is 83.5 Å². The zero-order valence-corrected chi connectivity index (χ0v) is 16.1. The molecule has 0 aliphatic rings. The minimum Gasteiger partial charge on any atom is -0.396 e. The van der Waals surface area contributed by atoms with Crippen LogP contribution in [-0.4, -0.2) is 22.5 Å². The van der Waals surface area contributed by atoms with Crippen LogP contribution < -0.4 is 5.73 Å². The average Bonchev–Trinajstić information content (AvgIpc) is 2.54. The number of allylic oxidation sites excluding steroid dienone is 1. The molecule has 0 aromatic heterocycles. The maximum Gasteiger partial charge on any atom is 0.134 e. The molecule has 0 saturated heterocycles. The van der Waals surface area contributed by atoms with Crippen molar-refractivity contribution >= 4 is 0 Å². The van der Waals surface area contributed by atoms with Crippen molar-refractivity contribution in [3.8, 4) is 0 Å². The Morgan fingerprint density at radius 1 is 0.750 bits per heavy atom. The largest absolute Gasteiger partial charge is 0.396 e. The Balaban J connectivity index is 3.19. The molecular formula is C21H43NO2. The van der Waals surface area contributed by atoms with Gasteiger partial charge in [0.2, 0.25) is 0 Å². The highest BCUT2D eigenvalue weighted by Gasteiger charge is 2.14. The van der Waals surface area contributed by atoms with E-state index >= 15 is 0 Å². The van der Waals surface area contributed by atoms with Crippen molar-refractivity contribution in [2.24, 2.45) is 5.73 Å². The summed E-state index contributed by atoms with van der Waals surface area (Å²) >= 11 is 0. The first-order valence-electron chi connectivity index (χ1n) is 10.4. The quantitative estimate of drug-likeness (QED) is 0.176. The third kappa shape index (κ3) is 18.0. The zero-order chi connectivity index (χ0) is 17.9. The summed E-state index contributed by atoms with van der Waals surface area (Å²) in [5.74, 6) is 0. The maximum atomic E-state index is 9.66. The molecule has 144 valence electrons. The van der Waals surface area contributed by atoms with E-state index in [4.69, 9.17) is 10.8 Å². The summed E-state index contributed by atoms with van der Waals surface area (Å²) in [6, 6.07) is 0. The molecule has 0 aromatic carbocycles. The molecule has 0 spiro atoms. The standard InChI is InChI=1S/C21H43NO2/c1-2-3-4-5-6-7-8-9-10-11-12-13-14-15-16-17-18-21(22,24)19-20-23/h17-18,23-24H,2-16,19-20,22H2,1H3. The molecule has 3 heteroatoms. The Bertz CT molecular complexity index is 277. The Morgan fingerprint density at radius 3 is 1.58 bits per heavy atom. The molecule has 0 radical (unpaired) electrons. The van der Waals surface area contributed by atoms with E-state index in [1.807, 2.05) is 6.08 Å². The lowest BCUT2D eigenvalue weighted by molar-refractivity contribution is 0.0670. The normalized spacial score (nSPS) is 14.3. The minimum atomic E-state index is -1.34. The van der Waals surface area contributed by atoms with Crippen molar-refractivity contribution in [1.29, 1.82) is 0 Å². The number of aliphatic hydroxyl groups excluding tert-OH is 1. The van der Waals surface area contributed by atoms with Crippen LogP contribution in [0.2, 0.25) is 0 Å². The summed E-state index contributed by atoms with van der Waals surface area (Å²) in [7, 11) is 0. The van der Waals surface area contributed by atoms with Crippen LogP contribution in [0.25, 0.3) is 0 Å². The highest BCUT2D eigenvalue weighted by atomic mass is 16.3. The topological polar surface area (TPSA) is 66.5 Å². The van der Waals surface area contributed by atoms with Crippen molar-refractivity contribution in [2.75, 3.05) is 6.61 Å². The molecule has 0 fully saturated rings. The predicted octanol–water partition coefficient (Wildman–Crippen LogP) is 5.44. The highest BCUT2D eigenvalue weighted by molar-refractivity contribution is 4.96. The third-order valence-electron chi connectivity index (χ3n) is 4.64. The molecule has 3 nitrogen and oxygen atoms in total. The summed E-state index contributed by atoms with van der Waals surface area (Å²) in [5, 5.41) is 18.4. The van der Waals surface area contributed by atoms with Gasteiger partial charge >= 0.3 is 0 Å². The Morgan fingerprint density at radius 2 is 1.17 bits per heavy atom. The van der Waals surface area contributed by atoms with Crippen molar-refractivity contribution in [3.05, 3.63) is 12.2 Å². The van der Waals surface area contributed by atoms with Crippen molar-refractivity contribution in [2.45, 2.75) is 115 Å². The van der Waals surface area contributed by atoms with E-state index in [0.29, 0.717) is 0 Å². The Kier molecular flexibility index (Phi) is 17.2. The molecule has 0 aliphatic carbocycles. The molecule has 24 heavy (non-hydrogen) atoms. The van der Waals surface area contributed by atoms with Crippen molar-refractivity contribution in [3.63, 3.8) is 0 Å². The van der Waals surface area contributed by atoms with Crippen LogP contribution in [0.5, 0.6) is 0 Å². The molecule has 4 N–H and O–H groups in total. The molecule has 0 rings (SSSR count).